The normalized spacial score (nSPS) is 11.1. The van der Waals surface area contributed by atoms with Gasteiger partial charge in [0.15, 0.2) is 16.6 Å². The van der Waals surface area contributed by atoms with Crippen LogP contribution in [0.2, 0.25) is 0 Å². The van der Waals surface area contributed by atoms with E-state index in [0.717, 1.165) is 42.5 Å². The number of benzene rings is 2. The van der Waals surface area contributed by atoms with Gasteiger partial charge in [0.05, 0.1) is 6.61 Å². The molecule has 1 aromatic heterocycles. The van der Waals surface area contributed by atoms with Crippen molar-refractivity contribution in [1.82, 2.24) is 0 Å². The van der Waals surface area contributed by atoms with E-state index in [2.05, 4.69) is 42.5 Å². The zero-order valence-corrected chi connectivity index (χ0v) is 18.0. The van der Waals surface area contributed by atoms with E-state index < -0.39 is 0 Å². The average molecular weight is 411 g/mol. The first-order valence-electron chi connectivity index (χ1n) is 10.6. The van der Waals surface area contributed by atoms with E-state index in [1.807, 2.05) is 13.0 Å². The number of ketones is 1. The van der Waals surface area contributed by atoms with Crippen LogP contribution >= 0.6 is 11.8 Å². The van der Waals surface area contributed by atoms with Crippen molar-refractivity contribution in [2.75, 3.05) is 12.4 Å². The number of hydrogen-bond acceptors (Lipinski definition) is 4. The van der Waals surface area contributed by atoms with Gasteiger partial charge in [-0.2, -0.15) is 0 Å². The highest BCUT2D eigenvalue weighted by Gasteiger charge is 2.10. The van der Waals surface area contributed by atoms with Crippen LogP contribution in [0.5, 0.6) is 5.75 Å². The molecule has 0 bridgehead atoms. The minimum absolute atomic E-state index is 0.102. The highest BCUT2D eigenvalue weighted by molar-refractivity contribution is 7.99. The second kappa shape index (κ2) is 11.7. The maximum absolute atomic E-state index is 11.8. The van der Waals surface area contributed by atoms with E-state index in [1.165, 1.54) is 30.0 Å². The van der Waals surface area contributed by atoms with Gasteiger partial charge in [-0.3, -0.25) is 4.79 Å². The lowest BCUT2D eigenvalue weighted by molar-refractivity contribution is 0.0950. The largest absolute Gasteiger partial charge is 0.493 e. The Bertz CT molecular complexity index is 894. The van der Waals surface area contributed by atoms with Crippen LogP contribution in [0.25, 0.3) is 10.8 Å². The third kappa shape index (κ3) is 6.67. The van der Waals surface area contributed by atoms with E-state index in [1.54, 1.807) is 17.8 Å². The number of carbonyl (C=O) groups is 1. The zero-order valence-electron chi connectivity index (χ0n) is 17.2. The minimum Gasteiger partial charge on any atom is -0.493 e. The summed E-state index contributed by atoms with van der Waals surface area (Å²) in [6.45, 7) is 2.77. The van der Waals surface area contributed by atoms with Crippen LogP contribution in [-0.2, 0) is 0 Å². The molecule has 0 N–H and O–H groups in total. The summed E-state index contributed by atoms with van der Waals surface area (Å²) in [6, 6.07) is 18.3. The fraction of sp³-hybridized carbons (Fsp3) is 0.400. The highest BCUT2D eigenvalue weighted by Crippen LogP contribution is 2.26. The first-order chi connectivity index (χ1) is 14.3. The van der Waals surface area contributed by atoms with Gasteiger partial charge < -0.3 is 9.15 Å². The second-order valence-electron chi connectivity index (χ2n) is 7.23. The summed E-state index contributed by atoms with van der Waals surface area (Å²) in [6.07, 6.45) is 7.27. The van der Waals surface area contributed by atoms with Gasteiger partial charge in [0.1, 0.15) is 5.75 Å². The van der Waals surface area contributed by atoms with Crippen molar-refractivity contribution in [3.05, 3.63) is 60.4 Å². The summed E-state index contributed by atoms with van der Waals surface area (Å²) in [5.74, 6) is 2.61. The first-order valence-corrected chi connectivity index (χ1v) is 11.6. The van der Waals surface area contributed by atoms with Crippen molar-refractivity contribution in [1.29, 1.82) is 0 Å². The molecule has 0 spiro atoms. The molecule has 0 amide bonds. The number of unbranched alkanes of at least 4 members (excludes halogenated alkanes) is 4. The number of carbonyl (C=O) groups excluding carboxylic acids is 1. The van der Waals surface area contributed by atoms with Crippen LogP contribution in [0.4, 0.5) is 0 Å². The van der Waals surface area contributed by atoms with Gasteiger partial charge in [0.25, 0.3) is 0 Å². The number of rotatable bonds is 13. The molecular weight excluding hydrogens is 380 g/mol. The number of hydrogen-bond donors (Lipinski definition) is 0. The van der Waals surface area contributed by atoms with Crippen LogP contribution < -0.4 is 4.74 Å². The zero-order chi connectivity index (χ0) is 20.3. The van der Waals surface area contributed by atoms with Gasteiger partial charge in [-0.25, -0.2) is 0 Å². The summed E-state index contributed by atoms with van der Waals surface area (Å²) in [7, 11) is 0. The number of Topliss-reactive ketones (excluding diaryl/α,β-unsaturated/α-hetero) is 1. The van der Waals surface area contributed by atoms with E-state index >= 15 is 0 Å². The Morgan fingerprint density at radius 1 is 0.931 bits per heavy atom. The monoisotopic (exact) mass is 410 g/mol. The Balaban J connectivity index is 1.25. The molecule has 0 atom stereocenters. The molecule has 4 heteroatoms. The van der Waals surface area contributed by atoms with Crippen LogP contribution in [-0.4, -0.2) is 18.1 Å². The Labute approximate surface area is 177 Å². The van der Waals surface area contributed by atoms with Crippen LogP contribution in [0.15, 0.2) is 64.1 Å². The summed E-state index contributed by atoms with van der Waals surface area (Å²) in [5, 5.41) is 3.26. The summed E-state index contributed by atoms with van der Waals surface area (Å²) in [4.78, 5) is 11.8. The van der Waals surface area contributed by atoms with Crippen molar-refractivity contribution in [2.45, 2.75) is 57.0 Å². The molecule has 2 aromatic carbocycles. The van der Waals surface area contributed by atoms with Crippen molar-refractivity contribution < 1.29 is 13.9 Å². The van der Waals surface area contributed by atoms with Crippen molar-refractivity contribution in [3.8, 4) is 5.75 Å². The van der Waals surface area contributed by atoms with Gasteiger partial charge in [-0.15, -0.1) is 0 Å². The van der Waals surface area contributed by atoms with Crippen molar-refractivity contribution in [3.63, 3.8) is 0 Å². The summed E-state index contributed by atoms with van der Waals surface area (Å²) in [5.41, 5.74) is 0. The fourth-order valence-electron chi connectivity index (χ4n) is 3.31. The fourth-order valence-corrected chi connectivity index (χ4v) is 4.17. The topological polar surface area (TPSA) is 39.4 Å². The SMILES string of the molecule is CCCC(=O)c1ccc(SCCCCCCCOc2cccc3ccccc23)o1. The molecule has 0 saturated heterocycles. The maximum atomic E-state index is 11.8. The molecular formula is C25H30O3S. The van der Waals surface area contributed by atoms with E-state index in [-0.39, 0.29) is 5.78 Å². The molecule has 0 aliphatic heterocycles. The summed E-state index contributed by atoms with van der Waals surface area (Å²) >= 11 is 1.70. The molecule has 0 aliphatic carbocycles. The number of furan rings is 1. The molecule has 3 nitrogen and oxygen atoms in total. The highest BCUT2D eigenvalue weighted by atomic mass is 32.2. The standard InChI is InChI=1S/C25H30O3S/c1-2-11-22(26)24-16-17-25(28-24)29-19-9-5-3-4-8-18-27-23-15-10-13-20-12-6-7-14-21(20)23/h6-7,10,12-17H,2-5,8-9,11,18-19H2,1H3. The number of ether oxygens (including phenoxy) is 1. The quantitative estimate of drug-likeness (QED) is 0.166. The van der Waals surface area contributed by atoms with Crippen molar-refractivity contribution in [2.24, 2.45) is 0 Å². The molecule has 0 fully saturated rings. The average Bonchev–Trinajstić information content (AvgIpc) is 3.22. The lowest BCUT2D eigenvalue weighted by atomic mass is 10.1. The van der Waals surface area contributed by atoms with Crippen LogP contribution in [0, 0.1) is 0 Å². The minimum atomic E-state index is 0.102. The molecule has 3 aromatic rings. The molecule has 0 aliphatic rings. The van der Waals surface area contributed by atoms with Gasteiger partial charge >= 0.3 is 0 Å². The molecule has 0 saturated carbocycles. The smallest absolute Gasteiger partial charge is 0.198 e. The maximum Gasteiger partial charge on any atom is 0.198 e. The van der Waals surface area contributed by atoms with Crippen LogP contribution in [0.1, 0.15) is 62.4 Å². The van der Waals surface area contributed by atoms with E-state index in [9.17, 15) is 4.79 Å². The molecule has 3 rings (SSSR count). The predicted octanol–water partition coefficient (Wildman–Crippen LogP) is 7.54. The van der Waals surface area contributed by atoms with Gasteiger partial charge in [-0.1, -0.05) is 74.3 Å². The Morgan fingerprint density at radius 3 is 2.62 bits per heavy atom. The lowest BCUT2D eigenvalue weighted by Gasteiger charge is -2.09. The second-order valence-corrected chi connectivity index (χ2v) is 8.33. The van der Waals surface area contributed by atoms with Gasteiger partial charge in [0.2, 0.25) is 0 Å². The first kappa shape index (κ1) is 21.5. The Morgan fingerprint density at radius 2 is 1.72 bits per heavy atom. The third-order valence-electron chi connectivity index (χ3n) is 4.87. The Kier molecular flexibility index (Phi) is 8.69. The van der Waals surface area contributed by atoms with Gasteiger partial charge in [-0.05, 0) is 42.8 Å². The van der Waals surface area contributed by atoms with E-state index in [0.29, 0.717) is 12.2 Å². The molecule has 0 radical (unpaired) electrons. The van der Waals surface area contributed by atoms with Gasteiger partial charge in [0, 0.05) is 17.6 Å². The lowest BCUT2D eigenvalue weighted by Crippen LogP contribution is -1.98. The van der Waals surface area contributed by atoms with Crippen LogP contribution in [0.3, 0.4) is 0 Å². The number of thioether (sulfide) groups is 1. The molecule has 154 valence electrons. The molecule has 1 heterocycles. The summed E-state index contributed by atoms with van der Waals surface area (Å²) < 4.78 is 11.6. The third-order valence-corrected chi connectivity index (χ3v) is 5.87. The van der Waals surface area contributed by atoms with Crippen molar-refractivity contribution >= 4 is 28.3 Å². The predicted molar refractivity (Wildman–Crippen MR) is 121 cm³/mol. The molecule has 29 heavy (non-hydrogen) atoms. The Hall–Kier alpha value is -2.20. The molecule has 0 unspecified atom stereocenters. The van der Waals surface area contributed by atoms with E-state index in [4.69, 9.17) is 9.15 Å². The number of fused-ring (bicyclic) bond motifs is 1.